The molecule has 314 valence electrons. The van der Waals surface area contributed by atoms with Crippen molar-refractivity contribution in [2.24, 2.45) is 11.8 Å². The predicted octanol–water partition coefficient (Wildman–Crippen LogP) is 15.2. The molecule has 0 nitrogen and oxygen atoms in total. The first-order chi connectivity index (χ1) is 25.7. The van der Waals surface area contributed by atoms with E-state index in [1.807, 2.05) is 6.88 Å². The first kappa shape index (κ1) is 52.2. The Labute approximate surface area is 385 Å². The van der Waals surface area contributed by atoms with Crippen LogP contribution in [0.5, 0.6) is 0 Å². The summed E-state index contributed by atoms with van der Waals surface area (Å²) >= 11 is 1.58. The van der Waals surface area contributed by atoms with Crippen molar-refractivity contribution in [1.29, 1.82) is 0 Å². The van der Waals surface area contributed by atoms with E-state index in [0.29, 0.717) is 23.7 Å². The molecule has 2 aromatic carbocycles. The Morgan fingerprint density at radius 1 is 0.552 bits per heavy atom. The van der Waals surface area contributed by atoms with Crippen LogP contribution in [0.1, 0.15) is 155 Å². The molecular weight excluding hydrogens is 839 g/mol. The molecule has 6 aliphatic carbocycles. The fourth-order valence-electron chi connectivity index (χ4n) is 9.32. The van der Waals surface area contributed by atoms with Gasteiger partial charge in [0.2, 0.25) is 0 Å². The van der Waals surface area contributed by atoms with Gasteiger partial charge in [-0.15, -0.1) is 60.3 Å². The van der Waals surface area contributed by atoms with Crippen molar-refractivity contribution in [3.05, 3.63) is 178 Å². The molecular formula is C54H72Cl2SiZr-4. The molecule has 0 heterocycles. The van der Waals surface area contributed by atoms with Crippen molar-refractivity contribution in [2.75, 3.05) is 0 Å². The standard InChI is InChI=1S/2C26H31.2CH3.2ClH.H2Si.Zr/c2*1-17(2)13-18-14-21-16-20-7-6-8-23(20)25(24(21)15-18)19-9-11-22(12-10-19)26(3,4)5;;;;;;/h2*9-12,15-17,25H,6-8,13H2,1-5H3;2*1H3;2*1H;1H2;/q4*-1;;;;. The average molecular weight is 911 g/mol. The summed E-state index contributed by atoms with van der Waals surface area (Å²) in [6, 6.07) is 18.8. The van der Waals surface area contributed by atoms with Crippen LogP contribution in [0.25, 0.3) is 0 Å². The van der Waals surface area contributed by atoms with Crippen molar-refractivity contribution < 1.29 is 23.3 Å². The fraction of sp³-hybridized carbons (Fsp3) is 0.444. The molecule has 0 amide bonds. The number of benzene rings is 2. The van der Waals surface area contributed by atoms with Crippen LogP contribution in [0, 0.1) is 38.8 Å². The predicted molar refractivity (Wildman–Crippen MR) is 258 cm³/mol. The van der Waals surface area contributed by atoms with E-state index < -0.39 is 0 Å². The quantitative estimate of drug-likeness (QED) is 0.200. The second-order valence-corrected chi connectivity index (χ2v) is 19.2. The van der Waals surface area contributed by atoms with Crippen molar-refractivity contribution in [1.82, 2.24) is 0 Å². The van der Waals surface area contributed by atoms with E-state index >= 15 is 0 Å². The molecule has 0 saturated carbocycles. The minimum atomic E-state index is 0. The van der Waals surface area contributed by atoms with Crippen LogP contribution >= 0.6 is 24.8 Å². The van der Waals surface area contributed by atoms with Gasteiger partial charge in [-0.05, 0) is 108 Å². The molecule has 2 aromatic rings. The van der Waals surface area contributed by atoms with Crippen LogP contribution in [0.15, 0.2) is 129 Å². The minimum absolute atomic E-state index is 0. The number of halogens is 2. The summed E-state index contributed by atoms with van der Waals surface area (Å²) in [4.78, 5) is 0. The molecule has 0 aliphatic heterocycles. The Balaban J connectivity index is 0.000000360. The van der Waals surface area contributed by atoms with E-state index in [4.69, 9.17) is 0 Å². The van der Waals surface area contributed by atoms with Crippen LogP contribution in [-0.4, -0.2) is 6.88 Å². The van der Waals surface area contributed by atoms with Gasteiger partial charge < -0.3 is 14.9 Å². The van der Waals surface area contributed by atoms with Gasteiger partial charge in [0.25, 0.3) is 0 Å². The van der Waals surface area contributed by atoms with Crippen LogP contribution in [0.2, 0.25) is 0 Å². The van der Waals surface area contributed by atoms with Crippen molar-refractivity contribution >= 4 is 31.7 Å². The molecule has 0 saturated heterocycles. The first-order valence-corrected chi connectivity index (χ1v) is 26.7. The second kappa shape index (κ2) is 21.7. The van der Waals surface area contributed by atoms with Crippen LogP contribution in [0.4, 0.5) is 0 Å². The Morgan fingerprint density at radius 2 is 0.879 bits per heavy atom. The van der Waals surface area contributed by atoms with Crippen LogP contribution in [-0.2, 0) is 34.2 Å². The molecule has 2 unspecified atom stereocenters. The number of hydrogen-bond acceptors (Lipinski definition) is 0. The third-order valence-electron chi connectivity index (χ3n) is 11.9. The molecule has 6 aliphatic rings. The Hall–Kier alpha value is -1.96. The van der Waals surface area contributed by atoms with E-state index in [-0.39, 0.29) is 50.5 Å². The molecule has 4 heteroatoms. The molecule has 0 bridgehead atoms. The first-order valence-electron chi connectivity index (χ1n) is 20.8. The molecule has 0 radical (unpaired) electrons. The van der Waals surface area contributed by atoms with Gasteiger partial charge in [0, 0.05) is 0 Å². The summed E-state index contributed by atoms with van der Waals surface area (Å²) in [5.41, 5.74) is 21.1. The summed E-state index contributed by atoms with van der Waals surface area (Å²) in [6.07, 6.45) is 27.0. The van der Waals surface area contributed by atoms with Crippen molar-refractivity contribution in [2.45, 2.75) is 143 Å². The zero-order chi connectivity index (χ0) is 38.9. The van der Waals surface area contributed by atoms with Crippen LogP contribution < -0.4 is 0 Å². The SMILES string of the molecule is CC(C)CC1=[C-]C2=CC3=C(CCC3)C(c3ccc(C(C)(C)C)cc3)C2=C1.CC(C)CC1=[C-]C2=CC3=C(CCC3)C(c3ccc(C(C)(C)C)cc3)C2=C1.Cl.Cl.[CH3-].[CH3-].[SiH2]=[Zr]. The molecule has 8 rings (SSSR count). The summed E-state index contributed by atoms with van der Waals surface area (Å²) in [6.45, 7) is 24.9. The summed E-state index contributed by atoms with van der Waals surface area (Å²) in [5.74, 6) is 2.25. The van der Waals surface area contributed by atoms with Gasteiger partial charge in [0.1, 0.15) is 0 Å². The van der Waals surface area contributed by atoms with Gasteiger partial charge in [-0.1, -0.05) is 140 Å². The van der Waals surface area contributed by atoms with Crippen molar-refractivity contribution in [3.8, 4) is 0 Å². The van der Waals surface area contributed by atoms with Gasteiger partial charge in [-0.2, -0.15) is 34.4 Å². The van der Waals surface area contributed by atoms with Gasteiger partial charge in [0.05, 0.1) is 0 Å². The zero-order valence-corrected chi connectivity index (χ0v) is 43.4. The molecule has 58 heavy (non-hydrogen) atoms. The fourth-order valence-corrected chi connectivity index (χ4v) is 9.32. The van der Waals surface area contributed by atoms with Gasteiger partial charge in [0.15, 0.2) is 0 Å². The third-order valence-corrected chi connectivity index (χ3v) is 11.9. The summed E-state index contributed by atoms with van der Waals surface area (Å²) < 4.78 is 0. The number of hydrogen-bond donors (Lipinski definition) is 0. The zero-order valence-electron chi connectivity index (χ0n) is 37.9. The number of fused-ring (bicyclic) bond motifs is 2. The molecule has 0 aromatic heterocycles. The third kappa shape index (κ3) is 11.7. The second-order valence-electron chi connectivity index (χ2n) is 19.2. The van der Waals surface area contributed by atoms with Crippen LogP contribution in [0.3, 0.4) is 0 Å². The van der Waals surface area contributed by atoms with E-state index in [1.165, 1.54) is 94.2 Å². The van der Waals surface area contributed by atoms with E-state index in [2.05, 4.69) is 154 Å². The normalized spacial score (nSPS) is 20.0. The molecule has 0 fully saturated rings. The maximum absolute atomic E-state index is 3.72. The molecule has 2 atom stereocenters. The van der Waals surface area contributed by atoms with Gasteiger partial charge in [-0.3, -0.25) is 0 Å². The monoisotopic (exact) mass is 908 g/mol. The average Bonchev–Trinajstić information content (AvgIpc) is 3.92. The number of allylic oxidation sites excluding steroid dienone is 16. The molecule has 0 spiro atoms. The van der Waals surface area contributed by atoms with Gasteiger partial charge in [-0.25, -0.2) is 0 Å². The summed E-state index contributed by atoms with van der Waals surface area (Å²) in [7, 11) is 0. The molecule has 0 N–H and O–H groups in total. The van der Waals surface area contributed by atoms with E-state index in [1.54, 1.807) is 45.6 Å². The summed E-state index contributed by atoms with van der Waals surface area (Å²) in [5, 5.41) is 0. The van der Waals surface area contributed by atoms with E-state index in [0.717, 1.165) is 12.8 Å². The Bertz CT molecular complexity index is 1850. The Kier molecular flexibility index (Phi) is 19.5. The Morgan fingerprint density at radius 3 is 1.17 bits per heavy atom. The van der Waals surface area contributed by atoms with Gasteiger partial charge >= 0.3 is 30.2 Å². The number of rotatable bonds is 6. The van der Waals surface area contributed by atoms with Crippen molar-refractivity contribution in [3.63, 3.8) is 0 Å². The van der Waals surface area contributed by atoms with E-state index in [9.17, 15) is 0 Å². The topological polar surface area (TPSA) is 0 Å². The maximum atomic E-state index is 3.72.